The molecule has 1 saturated carbocycles. The first-order chi connectivity index (χ1) is 30.3. The van der Waals surface area contributed by atoms with Crippen molar-refractivity contribution in [2.75, 3.05) is 4.90 Å². The van der Waals surface area contributed by atoms with Gasteiger partial charge in [0.1, 0.15) is 11.2 Å². The number of hydrogen-bond donors (Lipinski definition) is 0. The molecule has 12 rings (SSSR count). The Labute approximate surface area is 360 Å². The van der Waals surface area contributed by atoms with Gasteiger partial charge < -0.3 is 9.32 Å². The van der Waals surface area contributed by atoms with Gasteiger partial charge in [-0.05, 0) is 106 Å². The molecule has 1 fully saturated rings. The second-order valence-electron chi connectivity index (χ2n) is 16.6. The molecule has 2 nitrogen and oxygen atoms in total. The highest BCUT2D eigenvalue weighted by atomic mass is 32.1. The molecular formula is C58H43NOS. The highest BCUT2D eigenvalue weighted by molar-refractivity contribution is 7.25. The standard InChI is InChI=1S/C58H43NOS/c1-2-17-38(18-3-1)42-27-13-19-39-20-14-29-46(56(39)42)44-23-4-8-31-50(44)59(41-22-12-21-40(37-41)43-28-16-36-55-58(43)49-26-7-11-35-54(49)61-55)51-32-9-5-24-45(51)47-30-15-34-53-57(47)48-25-6-10-33-52(48)60-53/h4-16,19-38H,1-3,17-18H2. The largest absolute Gasteiger partial charge is 0.456 e. The Morgan fingerprint density at radius 3 is 1.84 bits per heavy atom. The summed E-state index contributed by atoms with van der Waals surface area (Å²) in [7, 11) is 0. The van der Waals surface area contributed by atoms with Crippen LogP contribution in [0.2, 0.25) is 0 Å². The van der Waals surface area contributed by atoms with Gasteiger partial charge in [0.05, 0.1) is 11.4 Å². The summed E-state index contributed by atoms with van der Waals surface area (Å²) in [6, 6.07) is 71.6. The van der Waals surface area contributed by atoms with Crippen LogP contribution in [0, 0.1) is 0 Å². The van der Waals surface area contributed by atoms with Gasteiger partial charge in [-0.15, -0.1) is 11.3 Å². The van der Waals surface area contributed by atoms with Crippen molar-refractivity contribution in [3.63, 3.8) is 0 Å². The van der Waals surface area contributed by atoms with Gasteiger partial charge in [0.2, 0.25) is 0 Å². The summed E-state index contributed by atoms with van der Waals surface area (Å²) in [6.07, 6.45) is 6.44. The van der Waals surface area contributed by atoms with Crippen molar-refractivity contribution in [3.8, 4) is 33.4 Å². The van der Waals surface area contributed by atoms with Gasteiger partial charge in [0, 0.05) is 47.8 Å². The first kappa shape index (κ1) is 36.0. The zero-order valence-electron chi connectivity index (χ0n) is 33.9. The van der Waals surface area contributed by atoms with Crippen molar-refractivity contribution in [2.45, 2.75) is 38.0 Å². The molecule has 0 aliphatic heterocycles. The normalized spacial score (nSPS) is 13.5. The molecule has 1 aliphatic rings. The Bertz CT molecular complexity index is 3430. The molecule has 0 unspecified atom stereocenters. The SMILES string of the molecule is c1cc(-c2cccc3sc4ccccc4c23)cc(N(c2ccccc2-c2cccc3cccc(C4CCCCC4)c23)c2ccccc2-c2cccc3oc4ccccc4c23)c1. The molecule has 11 aromatic rings. The number of furan rings is 1. The molecule has 292 valence electrons. The van der Waals surface area contributed by atoms with E-state index in [1.807, 2.05) is 11.3 Å². The van der Waals surface area contributed by atoms with Crippen LogP contribution in [0.15, 0.2) is 199 Å². The van der Waals surface area contributed by atoms with Crippen LogP contribution in [-0.2, 0) is 0 Å². The average molecular weight is 802 g/mol. The van der Waals surface area contributed by atoms with Crippen LogP contribution in [0.25, 0.3) is 86.3 Å². The first-order valence-corrected chi connectivity index (χ1v) is 22.5. The summed E-state index contributed by atoms with van der Waals surface area (Å²) in [5.74, 6) is 0.570. The predicted molar refractivity (Wildman–Crippen MR) is 261 cm³/mol. The van der Waals surface area contributed by atoms with Crippen LogP contribution in [-0.4, -0.2) is 0 Å². The molecule has 9 aromatic carbocycles. The molecule has 0 N–H and O–H groups in total. The molecule has 0 bridgehead atoms. The highest BCUT2D eigenvalue weighted by Gasteiger charge is 2.25. The van der Waals surface area contributed by atoms with Crippen LogP contribution < -0.4 is 4.90 Å². The van der Waals surface area contributed by atoms with E-state index >= 15 is 0 Å². The molecule has 0 spiro atoms. The van der Waals surface area contributed by atoms with E-state index in [2.05, 4.69) is 199 Å². The first-order valence-electron chi connectivity index (χ1n) is 21.7. The summed E-state index contributed by atoms with van der Waals surface area (Å²) in [5.41, 5.74) is 13.9. The maximum atomic E-state index is 6.47. The highest BCUT2D eigenvalue weighted by Crippen LogP contribution is 2.50. The predicted octanol–water partition coefficient (Wildman–Crippen LogP) is 17.6. The summed E-state index contributed by atoms with van der Waals surface area (Å²) in [4.78, 5) is 2.52. The lowest BCUT2D eigenvalue weighted by Crippen LogP contribution is -2.13. The molecule has 61 heavy (non-hydrogen) atoms. The minimum absolute atomic E-state index is 0.570. The second-order valence-corrected chi connectivity index (χ2v) is 17.6. The number of hydrogen-bond acceptors (Lipinski definition) is 3. The number of thiophene rings is 1. The van der Waals surface area contributed by atoms with Crippen molar-refractivity contribution in [3.05, 3.63) is 200 Å². The van der Waals surface area contributed by atoms with E-state index in [4.69, 9.17) is 4.42 Å². The summed E-state index contributed by atoms with van der Waals surface area (Å²) in [6.45, 7) is 0. The van der Waals surface area contributed by atoms with E-state index in [9.17, 15) is 0 Å². The van der Waals surface area contributed by atoms with E-state index in [0.717, 1.165) is 50.1 Å². The lowest BCUT2D eigenvalue weighted by molar-refractivity contribution is 0.445. The van der Waals surface area contributed by atoms with Crippen LogP contribution in [0.3, 0.4) is 0 Å². The third-order valence-electron chi connectivity index (χ3n) is 13.1. The fourth-order valence-electron chi connectivity index (χ4n) is 10.4. The third-order valence-corrected chi connectivity index (χ3v) is 14.2. The lowest BCUT2D eigenvalue weighted by atomic mass is 9.80. The van der Waals surface area contributed by atoms with Crippen LogP contribution in [0.4, 0.5) is 17.1 Å². The average Bonchev–Trinajstić information content (AvgIpc) is 3.91. The Morgan fingerprint density at radius 2 is 1.02 bits per heavy atom. The molecule has 2 heterocycles. The van der Waals surface area contributed by atoms with Gasteiger partial charge in [-0.2, -0.15) is 0 Å². The number of nitrogens with zero attached hydrogens (tertiary/aromatic N) is 1. The number of rotatable bonds is 7. The van der Waals surface area contributed by atoms with E-state index in [1.54, 1.807) is 0 Å². The quantitative estimate of drug-likeness (QED) is 0.160. The molecule has 2 aromatic heterocycles. The number of anilines is 3. The summed E-state index contributed by atoms with van der Waals surface area (Å²) in [5, 5.41) is 7.57. The molecule has 3 heteroatoms. The second kappa shape index (κ2) is 15.0. The summed E-state index contributed by atoms with van der Waals surface area (Å²) < 4.78 is 9.10. The minimum Gasteiger partial charge on any atom is -0.456 e. The van der Waals surface area contributed by atoms with Crippen LogP contribution in [0.5, 0.6) is 0 Å². The minimum atomic E-state index is 0.570. The van der Waals surface area contributed by atoms with Crippen molar-refractivity contribution in [1.82, 2.24) is 0 Å². The van der Waals surface area contributed by atoms with Gasteiger partial charge in [-0.3, -0.25) is 0 Å². The molecular weight excluding hydrogens is 759 g/mol. The van der Waals surface area contributed by atoms with Gasteiger partial charge in [-0.1, -0.05) is 165 Å². The zero-order valence-corrected chi connectivity index (χ0v) is 34.7. The Kier molecular flexibility index (Phi) is 8.82. The van der Waals surface area contributed by atoms with Crippen molar-refractivity contribution >= 4 is 81.3 Å². The van der Waals surface area contributed by atoms with Crippen LogP contribution >= 0.6 is 11.3 Å². The van der Waals surface area contributed by atoms with E-state index in [-0.39, 0.29) is 0 Å². The smallest absolute Gasteiger partial charge is 0.136 e. The molecule has 0 amide bonds. The van der Waals surface area contributed by atoms with Gasteiger partial charge >= 0.3 is 0 Å². The Balaban J connectivity index is 1.13. The Hall–Kier alpha value is -6.94. The topological polar surface area (TPSA) is 16.4 Å². The van der Waals surface area contributed by atoms with Gasteiger partial charge in [0.15, 0.2) is 0 Å². The zero-order chi connectivity index (χ0) is 40.3. The molecule has 0 saturated heterocycles. The Morgan fingerprint density at radius 1 is 0.426 bits per heavy atom. The van der Waals surface area contributed by atoms with E-state index < -0.39 is 0 Å². The van der Waals surface area contributed by atoms with Crippen LogP contribution in [0.1, 0.15) is 43.6 Å². The van der Waals surface area contributed by atoms with Crippen molar-refractivity contribution in [1.29, 1.82) is 0 Å². The number of benzene rings is 9. The van der Waals surface area contributed by atoms with E-state index in [0.29, 0.717) is 5.92 Å². The third kappa shape index (κ3) is 6.06. The van der Waals surface area contributed by atoms with Crippen molar-refractivity contribution in [2.24, 2.45) is 0 Å². The summed E-state index contributed by atoms with van der Waals surface area (Å²) >= 11 is 1.87. The number of fused-ring (bicyclic) bond motifs is 7. The fraction of sp³-hybridized carbons (Fsp3) is 0.103. The molecule has 0 atom stereocenters. The molecule has 1 aliphatic carbocycles. The maximum Gasteiger partial charge on any atom is 0.136 e. The number of para-hydroxylation sites is 3. The van der Waals surface area contributed by atoms with Gasteiger partial charge in [-0.25, -0.2) is 0 Å². The fourth-order valence-corrected chi connectivity index (χ4v) is 11.5. The van der Waals surface area contributed by atoms with Crippen molar-refractivity contribution < 1.29 is 4.42 Å². The monoisotopic (exact) mass is 801 g/mol. The van der Waals surface area contributed by atoms with E-state index in [1.165, 1.54) is 90.9 Å². The maximum absolute atomic E-state index is 6.47. The molecule has 0 radical (unpaired) electrons. The van der Waals surface area contributed by atoms with Gasteiger partial charge in [0.25, 0.3) is 0 Å². The lowest BCUT2D eigenvalue weighted by Gasteiger charge is -2.31.